The lowest BCUT2D eigenvalue weighted by atomic mass is 10.1. The average molecular weight is 637 g/mol. The molecule has 238 valence electrons. The van der Waals surface area contributed by atoms with Crippen LogP contribution in [0.25, 0.3) is 0 Å². The van der Waals surface area contributed by atoms with Crippen LogP contribution in [-0.2, 0) is 45.4 Å². The third-order valence-electron chi connectivity index (χ3n) is 7.71. The minimum absolute atomic E-state index is 0.0121. The summed E-state index contributed by atoms with van der Waals surface area (Å²) in [6.45, 7) is 3.39. The van der Waals surface area contributed by atoms with Gasteiger partial charge in [0, 0.05) is 51.0 Å². The van der Waals surface area contributed by atoms with Crippen molar-refractivity contribution in [2.75, 3.05) is 20.3 Å². The molecule has 0 fully saturated rings. The molecule has 2 heterocycles. The number of halogens is 2. The number of carbonyl (C=O) groups is 4. The molecule has 44 heavy (non-hydrogen) atoms. The van der Waals surface area contributed by atoms with Crippen LogP contribution >= 0.6 is 11.6 Å². The first-order valence-corrected chi connectivity index (χ1v) is 14.4. The molecule has 2 atom stereocenters. The van der Waals surface area contributed by atoms with E-state index in [0.29, 0.717) is 16.7 Å². The van der Waals surface area contributed by atoms with E-state index in [-0.39, 0.29) is 98.1 Å². The molecule has 12 nitrogen and oxygen atoms in total. The second-order valence-electron chi connectivity index (χ2n) is 11.0. The van der Waals surface area contributed by atoms with Crippen molar-refractivity contribution in [3.05, 3.63) is 45.2 Å². The molecule has 0 unspecified atom stereocenters. The third-order valence-corrected chi connectivity index (χ3v) is 8.11. The van der Waals surface area contributed by atoms with Crippen molar-refractivity contribution < 1.29 is 53.1 Å². The quantitative estimate of drug-likeness (QED) is 0.274. The molecule has 14 heteroatoms. The maximum atomic E-state index is 15.5. The smallest absolute Gasteiger partial charge is 0.306 e. The average Bonchev–Trinajstić information content (AvgIpc) is 3.60. The van der Waals surface area contributed by atoms with Crippen molar-refractivity contribution in [2.45, 2.75) is 59.3 Å². The number of fused-ring (bicyclic) bond motifs is 2. The van der Waals surface area contributed by atoms with Crippen LogP contribution in [0.15, 0.2) is 12.1 Å². The number of phenolic OH excluding ortho intramolecular Hbond substituents is 1. The minimum Gasteiger partial charge on any atom is -0.504 e. The van der Waals surface area contributed by atoms with E-state index in [9.17, 15) is 24.3 Å². The summed E-state index contributed by atoms with van der Waals surface area (Å²) in [7, 11) is 1.36. The van der Waals surface area contributed by atoms with Gasteiger partial charge in [-0.2, -0.15) is 0 Å². The maximum Gasteiger partial charge on any atom is 0.306 e. The van der Waals surface area contributed by atoms with Gasteiger partial charge in [0.05, 0.1) is 37.2 Å². The third kappa shape index (κ3) is 6.93. The zero-order chi connectivity index (χ0) is 32.3. The molecule has 2 amide bonds. The van der Waals surface area contributed by atoms with E-state index in [1.165, 1.54) is 36.8 Å². The number of hydrogen-bond acceptors (Lipinski definition) is 8. The summed E-state index contributed by atoms with van der Waals surface area (Å²) in [5.74, 6) is -5.41. The maximum absolute atomic E-state index is 15.5. The normalized spacial score (nSPS) is 14.9. The number of ether oxygens (including phenoxy) is 3. The van der Waals surface area contributed by atoms with Crippen LogP contribution < -0.4 is 14.2 Å². The Morgan fingerprint density at radius 2 is 1.36 bits per heavy atom. The molecule has 0 spiro atoms. The highest BCUT2D eigenvalue weighted by Gasteiger charge is 2.32. The number of methoxy groups -OCH3 is 1. The summed E-state index contributed by atoms with van der Waals surface area (Å²) in [4.78, 5) is 50.2. The Morgan fingerprint density at radius 3 is 1.89 bits per heavy atom. The molecule has 4 rings (SSSR count). The van der Waals surface area contributed by atoms with Crippen LogP contribution in [0, 0.1) is 17.7 Å². The van der Waals surface area contributed by atoms with E-state index in [1.54, 1.807) is 6.07 Å². The Kier molecular flexibility index (Phi) is 10.1. The summed E-state index contributed by atoms with van der Waals surface area (Å²) in [6.07, 6.45) is -0.0894. The molecule has 3 N–H and O–H groups in total. The van der Waals surface area contributed by atoms with E-state index in [1.807, 2.05) is 0 Å². The number of phenols is 1. The second kappa shape index (κ2) is 13.6. The second-order valence-corrected chi connectivity index (χ2v) is 11.4. The van der Waals surface area contributed by atoms with Gasteiger partial charge in [0.1, 0.15) is 0 Å². The highest BCUT2D eigenvalue weighted by atomic mass is 35.5. The number of carboxylic acid groups (broad SMARTS) is 2. The molecular formula is C30H34ClFN2O10. The summed E-state index contributed by atoms with van der Waals surface area (Å²) in [5, 5.41) is 28.8. The number of aromatic hydroxyl groups is 1. The van der Waals surface area contributed by atoms with Gasteiger partial charge in [0.15, 0.2) is 28.8 Å². The largest absolute Gasteiger partial charge is 0.504 e. The molecular weight excluding hydrogens is 603 g/mol. The van der Waals surface area contributed by atoms with E-state index in [4.69, 9.17) is 36.0 Å². The van der Waals surface area contributed by atoms with Crippen molar-refractivity contribution in [3.8, 4) is 23.0 Å². The summed E-state index contributed by atoms with van der Waals surface area (Å²) in [6, 6.07) is 3.05. The highest BCUT2D eigenvalue weighted by Crippen LogP contribution is 2.43. The lowest BCUT2D eigenvalue weighted by Crippen LogP contribution is -2.28. The van der Waals surface area contributed by atoms with Gasteiger partial charge in [-0.1, -0.05) is 25.4 Å². The van der Waals surface area contributed by atoms with Crippen molar-refractivity contribution in [1.82, 2.24) is 9.80 Å². The van der Waals surface area contributed by atoms with Crippen molar-refractivity contribution in [2.24, 2.45) is 11.8 Å². The molecule has 0 aliphatic carbocycles. The number of carboxylic acids is 2. The first kappa shape index (κ1) is 32.6. The Hall–Kier alpha value is -4.26. The molecule has 0 saturated carbocycles. The van der Waals surface area contributed by atoms with Gasteiger partial charge in [-0.25, -0.2) is 4.39 Å². The van der Waals surface area contributed by atoms with Gasteiger partial charge in [-0.15, -0.1) is 0 Å². The van der Waals surface area contributed by atoms with Crippen LogP contribution in [0.2, 0.25) is 5.02 Å². The Balaban J connectivity index is 1.34. The van der Waals surface area contributed by atoms with Crippen molar-refractivity contribution >= 4 is 35.4 Å². The zero-order valence-corrected chi connectivity index (χ0v) is 25.3. The lowest BCUT2D eigenvalue weighted by Gasteiger charge is -2.17. The van der Waals surface area contributed by atoms with E-state index in [2.05, 4.69) is 0 Å². The van der Waals surface area contributed by atoms with Crippen molar-refractivity contribution in [1.29, 1.82) is 0 Å². The van der Waals surface area contributed by atoms with Crippen LogP contribution in [0.4, 0.5) is 4.39 Å². The minimum atomic E-state index is -1.08. The fourth-order valence-electron chi connectivity index (χ4n) is 5.07. The van der Waals surface area contributed by atoms with Gasteiger partial charge in [-0.05, 0) is 28.8 Å². The summed E-state index contributed by atoms with van der Waals surface area (Å²) in [5.41, 5.74) is 2.05. The van der Waals surface area contributed by atoms with E-state index < -0.39 is 35.5 Å². The SMILES string of the molecule is COc1cc2c(c(F)c1OCCCOc1c(O)cc3c(c1Cl)CN(C(=O)C[C@H](C)C(=O)O)C3)CN(C(=O)C[C@H](C)C(=O)O)C2. The van der Waals surface area contributed by atoms with Gasteiger partial charge in [0.25, 0.3) is 0 Å². The fraction of sp³-hybridized carbons (Fsp3) is 0.467. The molecule has 0 saturated heterocycles. The molecule has 2 aliphatic rings. The molecule has 0 radical (unpaired) electrons. The lowest BCUT2D eigenvalue weighted by molar-refractivity contribution is -0.145. The van der Waals surface area contributed by atoms with Crippen LogP contribution in [0.3, 0.4) is 0 Å². The number of benzene rings is 2. The molecule has 0 aromatic heterocycles. The van der Waals surface area contributed by atoms with Gasteiger partial charge in [-0.3, -0.25) is 19.2 Å². The molecule has 0 bridgehead atoms. The number of rotatable bonds is 13. The van der Waals surface area contributed by atoms with Crippen LogP contribution in [0.1, 0.15) is 55.4 Å². The van der Waals surface area contributed by atoms with Gasteiger partial charge in [0.2, 0.25) is 11.8 Å². The monoisotopic (exact) mass is 636 g/mol. The molecule has 2 aliphatic heterocycles. The first-order valence-electron chi connectivity index (χ1n) is 14.0. The molecule has 2 aromatic rings. The Labute approximate surface area is 257 Å². The highest BCUT2D eigenvalue weighted by molar-refractivity contribution is 6.33. The fourth-order valence-corrected chi connectivity index (χ4v) is 5.41. The number of amides is 2. The first-order chi connectivity index (χ1) is 20.8. The van der Waals surface area contributed by atoms with E-state index in [0.717, 1.165) is 0 Å². The van der Waals surface area contributed by atoms with Crippen LogP contribution in [-0.4, -0.2) is 69.2 Å². The number of carbonyl (C=O) groups excluding carboxylic acids is 2. The topological polar surface area (TPSA) is 163 Å². The Bertz CT molecular complexity index is 1480. The predicted octanol–water partition coefficient (Wildman–Crippen LogP) is 3.95. The number of hydrogen-bond donors (Lipinski definition) is 3. The Morgan fingerprint density at radius 1 is 0.864 bits per heavy atom. The van der Waals surface area contributed by atoms with E-state index >= 15 is 4.39 Å². The summed E-state index contributed by atoms with van der Waals surface area (Å²) >= 11 is 6.51. The van der Waals surface area contributed by atoms with Gasteiger partial charge >= 0.3 is 11.9 Å². The standard InChI is InChI=1S/C30H34ClFN2O10/c1-15(29(38)39)7-23(36)33-11-17-9-21(35)27(25(31)19(17)13-33)43-5-4-6-44-28-22(42-3)10-18-12-34(14-20(18)26(28)32)24(37)8-16(2)30(40)41/h9-10,15-16,35H,4-8,11-14H2,1-3H3,(H,38,39)(H,40,41)/t15-,16-/m0/s1. The van der Waals surface area contributed by atoms with Crippen molar-refractivity contribution in [3.63, 3.8) is 0 Å². The number of nitrogens with zero attached hydrogens (tertiary/aromatic N) is 2. The predicted molar refractivity (Wildman–Crippen MR) is 153 cm³/mol. The summed E-state index contributed by atoms with van der Waals surface area (Å²) < 4.78 is 32.2. The number of aliphatic carboxylic acids is 2. The van der Waals surface area contributed by atoms with Gasteiger partial charge < -0.3 is 39.3 Å². The molecule has 2 aromatic carbocycles. The zero-order valence-electron chi connectivity index (χ0n) is 24.5. The van der Waals surface area contributed by atoms with Crippen LogP contribution in [0.5, 0.6) is 23.0 Å².